The van der Waals surface area contributed by atoms with E-state index in [4.69, 9.17) is 5.11 Å². The van der Waals surface area contributed by atoms with Gasteiger partial charge in [0.25, 0.3) is 0 Å². The molecule has 10 heavy (non-hydrogen) atoms. The third kappa shape index (κ3) is 2.19. The molecule has 0 spiro atoms. The van der Waals surface area contributed by atoms with Gasteiger partial charge in [0.15, 0.2) is 0 Å². The molecule has 0 aliphatic carbocycles. The topological polar surface area (TPSA) is 20.2 Å². The Labute approximate surface area is 61.3 Å². The fraction of sp³-hybridized carbons (Fsp3) is 0.333. The lowest BCUT2D eigenvalue weighted by atomic mass is 10.1. The van der Waals surface area contributed by atoms with Crippen LogP contribution in [-0.2, 0) is 6.42 Å². The van der Waals surface area contributed by atoms with Gasteiger partial charge in [-0.15, -0.1) is 0 Å². The highest BCUT2D eigenvalue weighted by molar-refractivity contribution is 5.14. The van der Waals surface area contributed by atoms with E-state index in [0.29, 0.717) is 0 Å². The molecule has 1 nitrogen and oxygen atoms in total. The Morgan fingerprint density at radius 2 is 2.10 bits per heavy atom. The minimum absolute atomic E-state index is 0.248. The average Bonchev–Trinajstić information content (AvgIpc) is 1.88. The number of benzene rings is 1. The molecule has 0 saturated carbocycles. The first-order valence-electron chi connectivity index (χ1n) is 3.42. The molecule has 0 bridgehead atoms. The Morgan fingerprint density at radius 3 is 2.60 bits per heavy atom. The predicted molar refractivity (Wildman–Crippen MR) is 40.7 cm³/mol. The molecule has 0 amide bonds. The maximum atomic E-state index is 9.00. The van der Waals surface area contributed by atoms with Gasteiger partial charge in [-0.3, -0.25) is 0 Å². The summed E-state index contributed by atoms with van der Waals surface area (Å²) >= 11 is 0. The molecular formula is C9H11O. The summed E-state index contributed by atoms with van der Waals surface area (Å²) in [5, 5.41) is 9.00. The maximum Gasteiger partial charge on any atom is 0.0552 e. The van der Waals surface area contributed by atoms with Crippen LogP contribution in [0.1, 0.15) is 12.5 Å². The van der Waals surface area contributed by atoms with Crippen molar-refractivity contribution in [3.8, 4) is 0 Å². The Morgan fingerprint density at radius 1 is 1.50 bits per heavy atom. The zero-order valence-electron chi connectivity index (χ0n) is 6.04. The van der Waals surface area contributed by atoms with E-state index in [9.17, 15) is 0 Å². The molecule has 1 heteroatoms. The Kier molecular flexibility index (Phi) is 2.46. The fourth-order valence-corrected chi connectivity index (χ4v) is 0.899. The summed E-state index contributed by atoms with van der Waals surface area (Å²) < 4.78 is 0. The van der Waals surface area contributed by atoms with Crippen LogP contribution in [0.2, 0.25) is 0 Å². The lowest BCUT2D eigenvalue weighted by molar-refractivity contribution is 0.195. The van der Waals surface area contributed by atoms with Crippen molar-refractivity contribution in [1.29, 1.82) is 0 Å². The molecule has 1 unspecified atom stereocenters. The van der Waals surface area contributed by atoms with Gasteiger partial charge in [-0.25, -0.2) is 0 Å². The summed E-state index contributed by atoms with van der Waals surface area (Å²) in [4.78, 5) is 0. The Hall–Kier alpha value is -0.820. The molecule has 1 atom stereocenters. The van der Waals surface area contributed by atoms with E-state index >= 15 is 0 Å². The Balaban J connectivity index is 2.59. The first-order chi connectivity index (χ1) is 4.79. The van der Waals surface area contributed by atoms with Crippen molar-refractivity contribution < 1.29 is 5.11 Å². The van der Waals surface area contributed by atoms with Crippen LogP contribution in [0.4, 0.5) is 0 Å². The van der Waals surface area contributed by atoms with Crippen LogP contribution in [0.25, 0.3) is 0 Å². The van der Waals surface area contributed by atoms with Gasteiger partial charge >= 0.3 is 0 Å². The van der Waals surface area contributed by atoms with Gasteiger partial charge in [0.05, 0.1) is 6.10 Å². The van der Waals surface area contributed by atoms with Gasteiger partial charge in [0.2, 0.25) is 0 Å². The molecule has 1 rings (SSSR count). The maximum absolute atomic E-state index is 9.00. The van der Waals surface area contributed by atoms with Gasteiger partial charge in [-0.05, 0) is 25.0 Å². The molecule has 1 radical (unpaired) electrons. The van der Waals surface area contributed by atoms with Gasteiger partial charge in [0.1, 0.15) is 0 Å². The SMILES string of the molecule is CC(O)Cc1cc[c]cc1. The normalized spacial score (nSPS) is 13.0. The summed E-state index contributed by atoms with van der Waals surface area (Å²) in [7, 11) is 0. The quantitative estimate of drug-likeness (QED) is 0.650. The zero-order chi connectivity index (χ0) is 7.40. The fourth-order valence-electron chi connectivity index (χ4n) is 0.899. The molecule has 53 valence electrons. The largest absolute Gasteiger partial charge is 0.393 e. The second-order valence-corrected chi connectivity index (χ2v) is 2.46. The van der Waals surface area contributed by atoms with E-state index in [1.807, 2.05) is 24.3 Å². The minimum Gasteiger partial charge on any atom is -0.393 e. The zero-order valence-corrected chi connectivity index (χ0v) is 6.04. The molecule has 0 aliphatic rings. The van der Waals surface area contributed by atoms with Gasteiger partial charge in [-0.2, -0.15) is 0 Å². The van der Waals surface area contributed by atoms with Crippen LogP contribution < -0.4 is 0 Å². The molecule has 0 fully saturated rings. The van der Waals surface area contributed by atoms with Crippen LogP contribution in [0.15, 0.2) is 24.3 Å². The first-order valence-corrected chi connectivity index (χ1v) is 3.42. The molecule has 0 aliphatic heterocycles. The van der Waals surface area contributed by atoms with Gasteiger partial charge in [-0.1, -0.05) is 24.3 Å². The highest BCUT2D eigenvalue weighted by Gasteiger charge is 1.95. The van der Waals surface area contributed by atoms with Gasteiger partial charge < -0.3 is 5.11 Å². The molecular weight excluding hydrogens is 124 g/mol. The number of aliphatic hydroxyl groups is 1. The monoisotopic (exact) mass is 135 g/mol. The average molecular weight is 135 g/mol. The van der Waals surface area contributed by atoms with Crippen LogP contribution in [-0.4, -0.2) is 11.2 Å². The molecule has 0 saturated heterocycles. The van der Waals surface area contributed by atoms with E-state index in [-0.39, 0.29) is 6.10 Å². The Bertz CT molecular complexity index is 179. The number of aliphatic hydroxyl groups excluding tert-OH is 1. The molecule has 0 aromatic heterocycles. The number of hydrogen-bond acceptors (Lipinski definition) is 1. The summed E-state index contributed by atoms with van der Waals surface area (Å²) in [6, 6.07) is 10.6. The molecule has 0 heterocycles. The lowest BCUT2D eigenvalue weighted by Crippen LogP contribution is -2.03. The highest BCUT2D eigenvalue weighted by Crippen LogP contribution is 2.01. The summed E-state index contributed by atoms with van der Waals surface area (Å²) in [6.45, 7) is 1.79. The van der Waals surface area contributed by atoms with Crippen molar-refractivity contribution in [2.45, 2.75) is 19.4 Å². The van der Waals surface area contributed by atoms with Crippen molar-refractivity contribution in [3.63, 3.8) is 0 Å². The van der Waals surface area contributed by atoms with E-state index in [2.05, 4.69) is 6.07 Å². The minimum atomic E-state index is -0.248. The second kappa shape index (κ2) is 3.37. The van der Waals surface area contributed by atoms with E-state index in [1.165, 1.54) is 0 Å². The van der Waals surface area contributed by atoms with Crippen molar-refractivity contribution in [2.24, 2.45) is 0 Å². The summed E-state index contributed by atoms with van der Waals surface area (Å²) in [5.74, 6) is 0. The molecule has 1 aromatic carbocycles. The van der Waals surface area contributed by atoms with Crippen LogP contribution in [0, 0.1) is 6.07 Å². The second-order valence-electron chi connectivity index (χ2n) is 2.46. The van der Waals surface area contributed by atoms with Crippen molar-refractivity contribution in [2.75, 3.05) is 0 Å². The third-order valence-corrected chi connectivity index (χ3v) is 1.32. The number of rotatable bonds is 2. The standard InChI is InChI=1S/C9H11O/c1-8(10)7-9-5-3-2-4-6-9/h3-6,8,10H,7H2,1H3. The van der Waals surface area contributed by atoms with E-state index < -0.39 is 0 Å². The summed E-state index contributed by atoms with van der Waals surface area (Å²) in [6.07, 6.45) is 0.483. The van der Waals surface area contributed by atoms with E-state index in [1.54, 1.807) is 6.92 Å². The lowest BCUT2D eigenvalue weighted by Gasteiger charge is -2.01. The van der Waals surface area contributed by atoms with Crippen molar-refractivity contribution in [3.05, 3.63) is 35.9 Å². The first kappa shape index (κ1) is 7.29. The number of hydrogen-bond donors (Lipinski definition) is 1. The van der Waals surface area contributed by atoms with Gasteiger partial charge in [0, 0.05) is 0 Å². The van der Waals surface area contributed by atoms with E-state index in [0.717, 1.165) is 12.0 Å². The van der Waals surface area contributed by atoms with Crippen molar-refractivity contribution in [1.82, 2.24) is 0 Å². The molecule has 1 N–H and O–H groups in total. The summed E-state index contributed by atoms with van der Waals surface area (Å²) in [5.41, 5.74) is 1.16. The van der Waals surface area contributed by atoms with Crippen molar-refractivity contribution >= 4 is 0 Å². The van der Waals surface area contributed by atoms with Crippen LogP contribution >= 0.6 is 0 Å². The third-order valence-electron chi connectivity index (χ3n) is 1.32. The smallest absolute Gasteiger partial charge is 0.0552 e. The van der Waals surface area contributed by atoms with Crippen LogP contribution in [0.5, 0.6) is 0 Å². The highest BCUT2D eigenvalue weighted by atomic mass is 16.3. The van der Waals surface area contributed by atoms with Crippen LogP contribution in [0.3, 0.4) is 0 Å². The predicted octanol–water partition coefficient (Wildman–Crippen LogP) is 1.41. The molecule has 1 aromatic rings.